The molecule has 0 saturated heterocycles. The summed E-state index contributed by atoms with van der Waals surface area (Å²) in [6, 6.07) is 0. The standard InChI is InChI=1S/C20H32O2/c1-18-9-6-14(21)12-13(18)4-5-15-16(18)7-10-19(2)17(15)8-11-20(19,3)22/h4,14-17,21-22H,5-12H2,1-3H3/t14-,15+,16+,17+,18-,19+,20-/m1/s1. The molecule has 7 atom stereocenters. The van der Waals surface area contributed by atoms with Crippen molar-refractivity contribution in [2.75, 3.05) is 0 Å². The summed E-state index contributed by atoms with van der Waals surface area (Å²) in [6.07, 6.45) is 11.2. The summed E-state index contributed by atoms with van der Waals surface area (Å²) in [6.45, 7) is 6.90. The van der Waals surface area contributed by atoms with Crippen molar-refractivity contribution in [3.63, 3.8) is 0 Å². The first kappa shape index (κ1) is 15.2. The van der Waals surface area contributed by atoms with Crippen molar-refractivity contribution in [3.05, 3.63) is 11.6 Å². The Morgan fingerprint density at radius 2 is 1.73 bits per heavy atom. The Kier molecular flexibility index (Phi) is 3.18. The van der Waals surface area contributed by atoms with Crippen molar-refractivity contribution < 1.29 is 10.2 Å². The molecule has 0 radical (unpaired) electrons. The third-order valence-electron chi connectivity index (χ3n) is 8.64. The van der Waals surface area contributed by atoms with Gasteiger partial charge in [0, 0.05) is 0 Å². The quantitative estimate of drug-likeness (QED) is 0.663. The normalized spacial score (nSPS) is 57.6. The Morgan fingerprint density at radius 3 is 2.50 bits per heavy atom. The van der Waals surface area contributed by atoms with Crippen LogP contribution in [0.15, 0.2) is 11.6 Å². The van der Waals surface area contributed by atoms with Gasteiger partial charge < -0.3 is 10.2 Å². The van der Waals surface area contributed by atoms with Crippen molar-refractivity contribution in [2.45, 2.75) is 83.8 Å². The summed E-state index contributed by atoms with van der Waals surface area (Å²) >= 11 is 0. The molecular weight excluding hydrogens is 272 g/mol. The van der Waals surface area contributed by atoms with E-state index in [0.717, 1.165) is 37.5 Å². The lowest BCUT2D eigenvalue weighted by atomic mass is 9.47. The third kappa shape index (κ3) is 1.80. The fourth-order valence-corrected chi connectivity index (χ4v) is 6.89. The summed E-state index contributed by atoms with van der Waals surface area (Å²) in [5.41, 5.74) is 1.50. The van der Waals surface area contributed by atoms with E-state index in [2.05, 4.69) is 26.8 Å². The summed E-state index contributed by atoms with van der Waals surface area (Å²) in [5.74, 6) is 2.20. The maximum absolute atomic E-state index is 10.9. The third-order valence-corrected chi connectivity index (χ3v) is 8.64. The molecule has 124 valence electrons. The Balaban J connectivity index is 1.69. The van der Waals surface area contributed by atoms with Crippen LogP contribution in [0.25, 0.3) is 0 Å². The zero-order chi connectivity index (χ0) is 15.8. The number of fused-ring (bicyclic) bond motifs is 5. The van der Waals surface area contributed by atoms with Gasteiger partial charge in [0.2, 0.25) is 0 Å². The van der Waals surface area contributed by atoms with Crippen molar-refractivity contribution in [2.24, 2.45) is 28.6 Å². The maximum Gasteiger partial charge on any atom is 0.0675 e. The summed E-state index contributed by atoms with van der Waals surface area (Å²) in [4.78, 5) is 0. The molecule has 0 bridgehead atoms. The van der Waals surface area contributed by atoms with Gasteiger partial charge in [-0.05, 0) is 86.9 Å². The minimum Gasteiger partial charge on any atom is -0.393 e. The highest BCUT2D eigenvalue weighted by molar-refractivity contribution is 5.26. The van der Waals surface area contributed by atoms with E-state index in [4.69, 9.17) is 0 Å². The average molecular weight is 304 g/mol. The SMILES string of the molecule is C[C@]12CC[C@H]3[C@H](CC=C4C[C@H](O)CC[C@]43C)[C@@H]1CC[C@@]2(C)O. The summed E-state index contributed by atoms with van der Waals surface area (Å²) < 4.78 is 0. The number of rotatable bonds is 0. The fourth-order valence-electron chi connectivity index (χ4n) is 6.89. The van der Waals surface area contributed by atoms with E-state index in [0.29, 0.717) is 11.3 Å². The van der Waals surface area contributed by atoms with Crippen molar-refractivity contribution in [1.82, 2.24) is 0 Å². The van der Waals surface area contributed by atoms with Gasteiger partial charge in [-0.15, -0.1) is 0 Å². The number of hydrogen-bond donors (Lipinski definition) is 2. The zero-order valence-corrected chi connectivity index (χ0v) is 14.4. The molecule has 2 heteroatoms. The second-order valence-electron chi connectivity index (χ2n) is 9.42. The molecule has 22 heavy (non-hydrogen) atoms. The molecule has 0 aromatic carbocycles. The molecule has 0 aliphatic heterocycles. The molecule has 0 heterocycles. The molecule has 3 saturated carbocycles. The van der Waals surface area contributed by atoms with Crippen LogP contribution in [0.1, 0.15) is 72.1 Å². The Bertz CT molecular complexity index is 508. The highest BCUT2D eigenvalue weighted by Crippen LogP contribution is 2.66. The van der Waals surface area contributed by atoms with Crippen LogP contribution in [0.5, 0.6) is 0 Å². The molecular formula is C20H32O2. The second kappa shape index (κ2) is 4.60. The predicted octanol–water partition coefficient (Wildman–Crippen LogP) is 4.06. The molecule has 0 amide bonds. The van der Waals surface area contributed by atoms with Gasteiger partial charge in [0.15, 0.2) is 0 Å². The minimum atomic E-state index is -0.476. The van der Waals surface area contributed by atoms with Gasteiger partial charge in [-0.2, -0.15) is 0 Å². The van der Waals surface area contributed by atoms with Gasteiger partial charge in [0.05, 0.1) is 11.7 Å². The Hall–Kier alpha value is -0.340. The number of aliphatic hydroxyl groups is 2. The van der Waals surface area contributed by atoms with E-state index >= 15 is 0 Å². The molecule has 2 N–H and O–H groups in total. The highest BCUT2D eigenvalue weighted by Gasteiger charge is 2.61. The van der Waals surface area contributed by atoms with E-state index in [1.165, 1.54) is 25.7 Å². The van der Waals surface area contributed by atoms with E-state index in [1.54, 1.807) is 5.57 Å². The van der Waals surface area contributed by atoms with Crippen molar-refractivity contribution in [1.29, 1.82) is 0 Å². The van der Waals surface area contributed by atoms with Crippen LogP contribution in [0, 0.1) is 28.6 Å². The summed E-state index contributed by atoms with van der Waals surface area (Å²) in [5, 5.41) is 21.0. The lowest BCUT2D eigenvalue weighted by Crippen LogP contribution is -2.53. The van der Waals surface area contributed by atoms with Gasteiger partial charge in [0.1, 0.15) is 0 Å². The lowest BCUT2D eigenvalue weighted by molar-refractivity contribution is -0.115. The van der Waals surface area contributed by atoms with Gasteiger partial charge in [-0.3, -0.25) is 0 Å². The Morgan fingerprint density at radius 1 is 1.00 bits per heavy atom. The first-order valence-corrected chi connectivity index (χ1v) is 9.38. The molecule has 4 aliphatic carbocycles. The van der Waals surface area contributed by atoms with E-state index < -0.39 is 5.60 Å². The van der Waals surface area contributed by atoms with Gasteiger partial charge in [0.25, 0.3) is 0 Å². The predicted molar refractivity (Wildman–Crippen MR) is 88.3 cm³/mol. The van der Waals surface area contributed by atoms with Gasteiger partial charge >= 0.3 is 0 Å². The largest absolute Gasteiger partial charge is 0.393 e. The van der Waals surface area contributed by atoms with Crippen LogP contribution in [0.4, 0.5) is 0 Å². The van der Waals surface area contributed by atoms with Crippen LogP contribution < -0.4 is 0 Å². The smallest absolute Gasteiger partial charge is 0.0675 e. The van der Waals surface area contributed by atoms with Gasteiger partial charge in [-0.25, -0.2) is 0 Å². The van der Waals surface area contributed by atoms with Gasteiger partial charge in [-0.1, -0.05) is 25.5 Å². The van der Waals surface area contributed by atoms with Crippen LogP contribution >= 0.6 is 0 Å². The number of aliphatic hydroxyl groups excluding tert-OH is 1. The summed E-state index contributed by atoms with van der Waals surface area (Å²) in [7, 11) is 0. The minimum absolute atomic E-state index is 0.114. The first-order chi connectivity index (χ1) is 10.3. The molecule has 3 fully saturated rings. The zero-order valence-electron chi connectivity index (χ0n) is 14.4. The van der Waals surface area contributed by atoms with E-state index in [1.807, 2.05) is 0 Å². The molecule has 0 unspecified atom stereocenters. The molecule has 4 rings (SSSR count). The topological polar surface area (TPSA) is 40.5 Å². The first-order valence-electron chi connectivity index (χ1n) is 9.38. The van der Waals surface area contributed by atoms with Crippen LogP contribution in [-0.4, -0.2) is 21.9 Å². The molecule has 0 spiro atoms. The van der Waals surface area contributed by atoms with Crippen LogP contribution in [-0.2, 0) is 0 Å². The number of hydrogen-bond acceptors (Lipinski definition) is 2. The van der Waals surface area contributed by atoms with E-state index in [-0.39, 0.29) is 11.5 Å². The van der Waals surface area contributed by atoms with Crippen molar-refractivity contribution in [3.8, 4) is 0 Å². The van der Waals surface area contributed by atoms with Crippen LogP contribution in [0.2, 0.25) is 0 Å². The van der Waals surface area contributed by atoms with E-state index in [9.17, 15) is 10.2 Å². The monoisotopic (exact) mass is 304 g/mol. The average Bonchev–Trinajstić information content (AvgIpc) is 2.70. The highest BCUT2D eigenvalue weighted by atomic mass is 16.3. The molecule has 4 aliphatic rings. The molecule has 0 aromatic rings. The number of allylic oxidation sites excluding steroid dienone is 1. The second-order valence-corrected chi connectivity index (χ2v) is 9.42. The molecule has 2 nitrogen and oxygen atoms in total. The maximum atomic E-state index is 10.9. The Labute approximate surface area is 135 Å². The fraction of sp³-hybridized carbons (Fsp3) is 0.900. The lowest BCUT2D eigenvalue weighted by Gasteiger charge is -2.58. The van der Waals surface area contributed by atoms with Crippen molar-refractivity contribution >= 4 is 0 Å². The molecule has 0 aromatic heterocycles. The van der Waals surface area contributed by atoms with Crippen LogP contribution in [0.3, 0.4) is 0 Å².